The number of ether oxygens (including phenoxy) is 2. The van der Waals surface area contributed by atoms with E-state index < -0.39 is 0 Å². The third-order valence-electron chi connectivity index (χ3n) is 1.65. The first kappa shape index (κ1) is 12.0. The van der Waals surface area contributed by atoms with Crippen LogP contribution in [0.1, 0.15) is 10.4 Å². The molecule has 0 aliphatic carbocycles. The lowest BCUT2D eigenvalue weighted by atomic mass is 10.2. The second-order valence-electron chi connectivity index (χ2n) is 2.46. The Morgan fingerprint density at radius 1 is 1.21 bits per heavy atom. The fourth-order valence-corrected chi connectivity index (χ4v) is 1.87. The molecule has 0 saturated carbocycles. The highest BCUT2D eigenvalue weighted by atomic mass is 127. The van der Waals surface area contributed by atoms with Gasteiger partial charge in [-0.2, -0.15) is 0 Å². The predicted molar refractivity (Wildman–Crippen MR) is 69.8 cm³/mol. The summed E-state index contributed by atoms with van der Waals surface area (Å²) in [7, 11) is 2.89. The van der Waals surface area contributed by atoms with Crippen molar-refractivity contribution in [3.8, 4) is 5.75 Å². The van der Waals surface area contributed by atoms with Crippen LogP contribution in [0.15, 0.2) is 12.1 Å². The lowest BCUT2D eigenvalue weighted by molar-refractivity contribution is 0.0597. The van der Waals surface area contributed by atoms with Crippen LogP contribution in [0.3, 0.4) is 0 Å². The maximum atomic E-state index is 11.3. The maximum absolute atomic E-state index is 11.3. The minimum Gasteiger partial charge on any atom is -0.496 e. The van der Waals surface area contributed by atoms with Gasteiger partial charge in [0, 0.05) is 7.14 Å². The minimum atomic E-state index is -0.379. The summed E-state index contributed by atoms with van der Waals surface area (Å²) < 4.78 is 11.8. The molecule has 76 valence electrons. The fraction of sp³-hybridized carbons (Fsp3) is 0.222. The van der Waals surface area contributed by atoms with E-state index in [0.717, 1.165) is 7.14 Å². The summed E-state index contributed by atoms with van der Waals surface area (Å²) in [6.45, 7) is 0. The zero-order valence-electron chi connectivity index (χ0n) is 7.64. The maximum Gasteiger partial charge on any atom is 0.341 e. The van der Waals surface area contributed by atoms with E-state index in [1.807, 2.05) is 6.07 Å². The van der Waals surface area contributed by atoms with Gasteiger partial charge >= 0.3 is 5.97 Å². The standard InChI is InChI=1S/C9H8I2O3/c1-13-8-4-7(11)6(10)3-5(8)9(12)14-2/h3-4H,1-2H3. The molecule has 0 unspecified atom stereocenters. The molecule has 0 aliphatic heterocycles. The summed E-state index contributed by atoms with van der Waals surface area (Å²) in [5, 5.41) is 0. The quantitative estimate of drug-likeness (QED) is 0.548. The Morgan fingerprint density at radius 3 is 2.29 bits per heavy atom. The number of benzene rings is 1. The number of halogens is 2. The molecular formula is C9H8I2O3. The molecule has 0 aromatic heterocycles. The normalized spacial score (nSPS) is 9.71. The third-order valence-corrected chi connectivity index (χ3v) is 4.46. The highest BCUT2D eigenvalue weighted by Crippen LogP contribution is 2.26. The van der Waals surface area contributed by atoms with Gasteiger partial charge in [-0.3, -0.25) is 0 Å². The molecule has 5 heteroatoms. The minimum absolute atomic E-state index is 0.379. The molecule has 0 aliphatic rings. The largest absolute Gasteiger partial charge is 0.496 e. The molecule has 0 N–H and O–H groups in total. The molecule has 3 nitrogen and oxygen atoms in total. The Kier molecular flexibility index (Phi) is 4.42. The number of hydrogen-bond donors (Lipinski definition) is 0. The Hall–Kier alpha value is -0.0500. The van der Waals surface area contributed by atoms with Gasteiger partial charge in [0.25, 0.3) is 0 Å². The summed E-state index contributed by atoms with van der Waals surface area (Å²) in [5.74, 6) is 0.165. The Morgan fingerprint density at radius 2 is 1.79 bits per heavy atom. The zero-order chi connectivity index (χ0) is 10.7. The van der Waals surface area contributed by atoms with Crippen LogP contribution >= 0.6 is 45.2 Å². The monoisotopic (exact) mass is 418 g/mol. The predicted octanol–water partition coefficient (Wildman–Crippen LogP) is 2.69. The van der Waals surface area contributed by atoms with E-state index in [-0.39, 0.29) is 5.97 Å². The number of rotatable bonds is 2. The van der Waals surface area contributed by atoms with Gasteiger partial charge in [0.1, 0.15) is 11.3 Å². The van der Waals surface area contributed by atoms with Crippen molar-refractivity contribution in [3.05, 3.63) is 24.8 Å². The van der Waals surface area contributed by atoms with Crippen LogP contribution < -0.4 is 4.74 Å². The van der Waals surface area contributed by atoms with Gasteiger partial charge in [0.15, 0.2) is 0 Å². The van der Waals surface area contributed by atoms with Crippen LogP contribution in [0.5, 0.6) is 5.75 Å². The lowest BCUT2D eigenvalue weighted by Crippen LogP contribution is -2.05. The molecule has 0 bridgehead atoms. The summed E-state index contributed by atoms with van der Waals surface area (Å²) >= 11 is 4.35. The summed E-state index contributed by atoms with van der Waals surface area (Å²) in [6.07, 6.45) is 0. The van der Waals surface area contributed by atoms with Crippen molar-refractivity contribution in [2.75, 3.05) is 14.2 Å². The van der Waals surface area contributed by atoms with E-state index in [4.69, 9.17) is 4.74 Å². The van der Waals surface area contributed by atoms with Crippen molar-refractivity contribution in [1.29, 1.82) is 0 Å². The zero-order valence-corrected chi connectivity index (χ0v) is 12.0. The van der Waals surface area contributed by atoms with Crippen LogP contribution in [0.4, 0.5) is 0 Å². The van der Waals surface area contributed by atoms with E-state index >= 15 is 0 Å². The van der Waals surface area contributed by atoms with E-state index in [1.54, 1.807) is 6.07 Å². The number of hydrogen-bond acceptors (Lipinski definition) is 3. The van der Waals surface area contributed by atoms with E-state index in [2.05, 4.69) is 49.9 Å². The van der Waals surface area contributed by atoms with Gasteiger partial charge in [0.2, 0.25) is 0 Å². The molecule has 0 fully saturated rings. The average molecular weight is 418 g/mol. The Labute approximate surface area is 109 Å². The molecule has 0 spiro atoms. The number of carbonyl (C=O) groups excluding carboxylic acids is 1. The smallest absolute Gasteiger partial charge is 0.341 e. The number of methoxy groups -OCH3 is 2. The first-order valence-electron chi connectivity index (χ1n) is 3.71. The van der Waals surface area contributed by atoms with Crippen molar-refractivity contribution in [2.45, 2.75) is 0 Å². The first-order valence-corrected chi connectivity index (χ1v) is 5.87. The number of carbonyl (C=O) groups is 1. The topological polar surface area (TPSA) is 35.5 Å². The highest BCUT2D eigenvalue weighted by molar-refractivity contribution is 14.1. The van der Waals surface area contributed by atoms with Crippen molar-refractivity contribution in [1.82, 2.24) is 0 Å². The van der Waals surface area contributed by atoms with E-state index in [9.17, 15) is 4.79 Å². The van der Waals surface area contributed by atoms with E-state index in [1.165, 1.54) is 14.2 Å². The Bertz CT molecular complexity index is 363. The molecule has 1 aromatic carbocycles. The van der Waals surface area contributed by atoms with Crippen LogP contribution in [0.2, 0.25) is 0 Å². The molecule has 0 radical (unpaired) electrons. The lowest BCUT2D eigenvalue weighted by Gasteiger charge is -2.08. The van der Waals surface area contributed by atoms with Crippen molar-refractivity contribution in [2.24, 2.45) is 0 Å². The van der Waals surface area contributed by atoms with Gasteiger partial charge in [-0.15, -0.1) is 0 Å². The van der Waals surface area contributed by atoms with Gasteiger partial charge in [-0.25, -0.2) is 4.79 Å². The van der Waals surface area contributed by atoms with Gasteiger partial charge in [-0.05, 0) is 57.3 Å². The molecule has 0 amide bonds. The SMILES string of the molecule is COC(=O)c1cc(I)c(I)cc1OC. The Balaban J connectivity index is 3.27. The summed E-state index contributed by atoms with van der Waals surface area (Å²) in [5.41, 5.74) is 0.458. The van der Waals surface area contributed by atoms with Gasteiger partial charge in [-0.1, -0.05) is 0 Å². The van der Waals surface area contributed by atoms with Gasteiger partial charge in [0.05, 0.1) is 14.2 Å². The molecule has 14 heavy (non-hydrogen) atoms. The summed E-state index contributed by atoms with van der Waals surface area (Å²) in [4.78, 5) is 11.3. The van der Waals surface area contributed by atoms with Crippen LogP contribution in [0, 0.1) is 7.14 Å². The molecule has 0 saturated heterocycles. The first-order chi connectivity index (χ1) is 6.60. The molecule has 1 rings (SSSR count). The van der Waals surface area contributed by atoms with Crippen LogP contribution in [0.25, 0.3) is 0 Å². The van der Waals surface area contributed by atoms with Crippen molar-refractivity contribution in [3.63, 3.8) is 0 Å². The fourth-order valence-electron chi connectivity index (χ4n) is 0.967. The molecular weight excluding hydrogens is 410 g/mol. The van der Waals surface area contributed by atoms with Crippen LogP contribution in [-0.2, 0) is 4.74 Å². The summed E-state index contributed by atoms with van der Waals surface area (Å²) in [6, 6.07) is 3.57. The average Bonchev–Trinajstić information content (AvgIpc) is 2.20. The van der Waals surface area contributed by atoms with Gasteiger partial charge < -0.3 is 9.47 Å². The van der Waals surface area contributed by atoms with E-state index in [0.29, 0.717) is 11.3 Å². The van der Waals surface area contributed by atoms with Crippen molar-refractivity contribution < 1.29 is 14.3 Å². The number of esters is 1. The molecule has 1 aromatic rings. The second kappa shape index (κ2) is 5.15. The molecule has 0 heterocycles. The van der Waals surface area contributed by atoms with Crippen LogP contribution in [-0.4, -0.2) is 20.2 Å². The van der Waals surface area contributed by atoms with Crippen molar-refractivity contribution >= 4 is 51.2 Å². The molecule has 0 atom stereocenters. The second-order valence-corrected chi connectivity index (χ2v) is 4.78. The third kappa shape index (κ3) is 2.50. The highest BCUT2D eigenvalue weighted by Gasteiger charge is 2.14.